The van der Waals surface area contributed by atoms with Crippen molar-refractivity contribution in [2.75, 3.05) is 0 Å². The van der Waals surface area contributed by atoms with Gasteiger partial charge in [-0.2, -0.15) is 12.6 Å². The van der Waals surface area contributed by atoms with Crippen LogP contribution >= 0.6 is 12.6 Å². The van der Waals surface area contributed by atoms with Gasteiger partial charge >= 0.3 is 0 Å². The maximum absolute atomic E-state index is 3.96. The van der Waals surface area contributed by atoms with E-state index in [0.717, 1.165) is 0 Å². The molecule has 0 rings (SSSR count). The first-order valence-electron chi connectivity index (χ1n) is 7.37. The Labute approximate surface area is 125 Å². The van der Waals surface area contributed by atoms with Gasteiger partial charge < -0.3 is 0 Å². The van der Waals surface area contributed by atoms with Crippen LogP contribution < -0.4 is 0 Å². The van der Waals surface area contributed by atoms with Crippen LogP contribution in [0, 0.1) is 0 Å². The van der Waals surface area contributed by atoms with Crippen molar-refractivity contribution in [3.05, 3.63) is 60.1 Å². The number of thiol groups is 1. The third kappa shape index (κ3) is 17.1. The molecule has 0 nitrogen and oxygen atoms in total. The van der Waals surface area contributed by atoms with E-state index in [2.05, 4.69) is 37.8 Å². The van der Waals surface area contributed by atoms with Gasteiger partial charge in [0.15, 0.2) is 0 Å². The van der Waals surface area contributed by atoms with Crippen LogP contribution in [-0.4, -0.2) is 0 Å². The van der Waals surface area contributed by atoms with Crippen LogP contribution in [0.5, 0.6) is 0 Å². The fourth-order valence-corrected chi connectivity index (χ4v) is 1.75. The van der Waals surface area contributed by atoms with Gasteiger partial charge in [-0.25, -0.2) is 0 Å². The van der Waals surface area contributed by atoms with E-state index in [1.807, 2.05) is 36.5 Å². The highest BCUT2D eigenvalue weighted by Gasteiger charge is 1.87. The first-order chi connectivity index (χ1) is 9.41. The minimum atomic E-state index is 1.20. The molecule has 0 radical (unpaired) electrons. The molecule has 0 atom stereocenters. The van der Waals surface area contributed by atoms with E-state index in [1.54, 1.807) is 5.41 Å². The highest BCUT2D eigenvalue weighted by atomic mass is 32.1. The number of allylic oxidation sites excluding steroid dienone is 9. The maximum atomic E-state index is 3.96. The summed E-state index contributed by atoms with van der Waals surface area (Å²) in [7, 11) is 0. The fraction of sp³-hybridized carbons (Fsp3) is 0.444. The van der Waals surface area contributed by atoms with E-state index in [-0.39, 0.29) is 0 Å². The van der Waals surface area contributed by atoms with E-state index < -0.39 is 0 Å². The molecule has 1 heteroatoms. The van der Waals surface area contributed by atoms with Gasteiger partial charge in [0.05, 0.1) is 0 Å². The summed E-state index contributed by atoms with van der Waals surface area (Å²) in [6.45, 7) is 2.26. The molecule has 19 heavy (non-hydrogen) atoms. The molecule has 0 saturated carbocycles. The summed E-state index contributed by atoms with van der Waals surface area (Å²) in [5, 5.41) is 1.71. The molecular formula is C18H28S. The van der Waals surface area contributed by atoms with E-state index in [0.29, 0.717) is 0 Å². The number of hydrogen-bond donors (Lipinski definition) is 1. The molecule has 0 heterocycles. The molecule has 0 aromatic heterocycles. The zero-order valence-corrected chi connectivity index (χ0v) is 13.1. The number of unbranched alkanes of at least 4 members (excludes halogenated alkanes) is 6. The molecule has 0 N–H and O–H groups in total. The summed E-state index contributed by atoms with van der Waals surface area (Å²) in [4.78, 5) is 0. The minimum absolute atomic E-state index is 1.20. The largest absolute Gasteiger partial charge is 0.151 e. The monoisotopic (exact) mass is 276 g/mol. The number of hydrogen-bond acceptors (Lipinski definition) is 1. The Morgan fingerprint density at radius 2 is 1.16 bits per heavy atom. The van der Waals surface area contributed by atoms with Crippen LogP contribution in [0.3, 0.4) is 0 Å². The van der Waals surface area contributed by atoms with Gasteiger partial charge in [0, 0.05) is 0 Å². The molecule has 0 aromatic carbocycles. The summed E-state index contributed by atoms with van der Waals surface area (Å²) in [6.07, 6.45) is 27.8. The predicted molar refractivity (Wildman–Crippen MR) is 92.7 cm³/mol. The Morgan fingerprint density at radius 3 is 1.79 bits per heavy atom. The average Bonchev–Trinajstić information content (AvgIpc) is 2.43. The highest BCUT2D eigenvalue weighted by molar-refractivity contribution is 7.83. The van der Waals surface area contributed by atoms with E-state index in [4.69, 9.17) is 0 Å². The molecule has 106 valence electrons. The van der Waals surface area contributed by atoms with Gasteiger partial charge in [-0.1, -0.05) is 93.7 Å². The lowest BCUT2D eigenvalue weighted by Crippen LogP contribution is -1.77. The Hall–Kier alpha value is -0.950. The second-order valence-corrected chi connectivity index (χ2v) is 4.78. The normalized spacial score (nSPS) is 13.2. The van der Waals surface area contributed by atoms with Crippen LogP contribution in [0.1, 0.15) is 51.9 Å². The molecule has 0 spiro atoms. The van der Waals surface area contributed by atoms with Gasteiger partial charge in [-0.05, 0) is 18.2 Å². The minimum Gasteiger partial charge on any atom is -0.151 e. The van der Waals surface area contributed by atoms with Gasteiger partial charge in [0.2, 0.25) is 0 Å². The Morgan fingerprint density at radius 1 is 0.632 bits per heavy atom. The van der Waals surface area contributed by atoms with Crippen molar-refractivity contribution in [1.82, 2.24) is 0 Å². The standard InChI is InChI=1S/C18H28S/c1-2-3-4-5-6-7-8-9-10-11-12-13-14-15-16-17-18-19/h9-19H,2-8H2,1H3/b10-9+,12-11+,14-13+,16-15+,18-17+. The first kappa shape index (κ1) is 18.0. The summed E-state index contributed by atoms with van der Waals surface area (Å²) in [5.74, 6) is 0. The van der Waals surface area contributed by atoms with Crippen LogP contribution in [0.25, 0.3) is 0 Å². The highest BCUT2D eigenvalue weighted by Crippen LogP contribution is 2.07. The van der Waals surface area contributed by atoms with Gasteiger partial charge in [0.1, 0.15) is 0 Å². The second kappa shape index (κ2) is 17.1. The predicted octanol–water partition coefficient (Wildman–Crippen LogP) is 6.41. The van der Waals surface area contributed by atoms with Crippen molar-refractivity contribution in [2.45, 2.75) is 51.9 Å². The Kier molecular flexibility index (Phi) is 16.2. The second-order valence-electron chi connectivity index (χ2n) is 4.48. The van der Waals surface area contributed by atoms with Crippen molar-refractivity contribution in [1.29, 1.82) is 0 Å². The molecule has 0 aliphatic heterocycles. The summed E-state index contributed by atoms with van der Waals surface area (Å²) in [6, 6.07) is 0. The Bertz CT molecular complexity index is 306. The molecule has 0 saturated heterocycles. The molecule has 0 unspecified atom stereocenters. The van der Waals surface area contributed by atoms with Crippen molar-refractivity contribution < 1.29 is 0 Å². The van der Waals surface area contributed by atoms with Crippen molar-refractivity contribution in [2.24, 2.45) is 0 Å². The van der Waals surface area contributed by atoms with E-state index in [1.165, 1.54) is 44.9 Å². The van der Waals surface area contributed by atoms with E-state index >= 15 is 0 Å². The van der Waals surface area contributed by atoms with Crippen molar-refractivity contribution in [3.8, 4) is 0 Å². The van der Waals surface area contributed by atoms with Crippen LogP contribution in [0.4, 0.5) is 0 Å². The number of rotatable bonds is 11. The molecule has 0 fully saturated rings. The molecular weight excluding hydrogens is 248 g/mol. The molecule has 0 bridgehead atoms. The smallest absolute Gasteiger partial charge is 0.0324 e. The SMILES string of the molecule is CCCCCCCC/C=C/C=C/C=C/C=C/C=C/S. The molecule has 0 aromatic rings. The summed E-state index contributed by atoms with van der Waals surface area (Å²) < 4.78 is 0. The molecule has 0 amide bonds. The van der Waals surface area contributed by atoms with E-state index in [9.17, 15) is 0 Å². The summed E-state index contributed by atoms with van der Waals surface area (Å²) >= 11 is 3.96. The first-order valence-corrected chi connectivity index (χ1v) is 7.89. The zero-order valence-electron chi connectivity index (χ0n) is 12.2. The molecule has 0 aliphatic rings. The van der Waals surface area contributed by atoms with Crippen LogP contribution in [0.2, 0.25) is 0 Å². The van der Waals surface area contributed by atoms with Gasteiger partial charge in [0.25, 0.3) is 0 Å². The van der Waals surface area contributed by atoms with Crippen molar-refractivity contribution in [3.63, 3.8) is 0 Å². The quantitative estimate of drug-likeness (QED) is 0.252. The van der Waals surface area contributed by atoms with Gasteiger partial charge in [-0.3, -0.25) is 0 Å². The topological polar surface area (TPSA) is 0 Å². The lowest BCUT2D eigenvalue weighted by molar-refractivity contribution is 0.611. The average molecular weight is 276 g/mol. The maximum Gasteiger partial charge on any atom is -0.0324 e. The lowest BCUT2D eigenvalue weighted by atomic mass is 10.1. The van der Waals surface area contributed by atoms with Crippen LogP contribution in [-0.2, 0) is 0 Å². The van der Waals surface area contributed by atoms with Crippen LogP contribution in [0.15, 0.2) is 60.1 Å². The third-order valence-electron chi connectivity index (χ3n) is 2.72. The third-order valence-corrected chi connectivity index (χ3v) is 2.90. The summed E-state index contributed by atoms with van der Waals surface area (Å²) in [5.41, 5.74) is 0. The zero-order chi connectivity index (χ0) is 14.0. The molecule has 0 aliphatic carbocycles. The van der Waals surface area contributed by atoms with Gasteiger partial charge in [-0.15, -0.1) is 0 Å². The fourth-order valence-electron chi connectivity index (χ4n) is 1.65. The lowest BCUT2D eigenvalue weighted by Gasteiger charge is -1.97. The van der Waals surface area contributed by atoms with Crippen molar-refractivity contribution >= 4 is 12.6 Å². The Balaban J connectivity index is 3.42.